The molecule has 0 aliphatic heterocycles. The van der Waals surface area contributed by atoms with Crippen molar-refractivity contribution >= 4 is 23.3 Å². The normalized spacial score (nSPS) is 11.7. The molecule has 8 nitrogen and oxygen atoms in total. The first-order chi connectivity index (χ1) is 13.8. The van der Waals surface area contributed by atoms with Crippen LogP contribution in [0.2, 0.25) is 5.02 Å². The van der Waals surface area contributed by atoms with Gasteiger partial charge in [-0.3, -0.25) is 14.3 Å². The van der Waals surface area contributed by atoms with Gasteiger partial charge in [0.25, 0.3) is 5.91 Å². The van der Waals surface area contributed by atoms with E-state index in [4.69, 9.17) is 21.4 Å². The summed E-state index contributed by atoms with van der Waals surface area (Å²) in [7, 11) is 0. The van der Waals surface area contributed by atoms with Gasteiger partial charge in [0, 0.05) is 30.8 Å². The maximum absolute atomic E-state index is 14.4. The highest BCUT2D eigenvalue weighted by atomic mass is 35.5. The molecule has 2 heterocycles. The Labute approximate surface area is 169 Å². The third-order valence-electron chi connectivity index (χ3n) is 4.05. The molecular formula is C19H15ClFN5O3. The third kappa shape index (κ3) is 4.33. The Bertz CT molecular complexity index is 1130. The molecule has 0 aliphatic carbocycles. The average molecular weight is 416 g/mol. The van der Waals surface area contributed by atoms with E-state index in [-0.39, 0.29) is 39.4 Å². The largest absolute Gasteiger partial charge is 0.352 e. The number of rotatable bonds is 6. The van der Waals surface area contributed by atoms with Crippen molar-refractivity contribution in [3.8, 4) is 17.3 Å². The van der Waals surface area contributed by atoms with E-state index in [2.05, 4.69) is 15.6 Å². The molecule has 29 heavy (non-hydrogen) atoms. The highest BCUT2D eigenvalue weighted by molar-refractivity contribution is 6.32. The first-order valence-corrected chi connectivity index (χ1v) is 8.88. The highest BCUT2D eigenvalue weighted by Gasteiger charge is 2.18. The molecule has 2 aromatic heterocycles. The van der Waals surface area contributed by atoms with E-state index in [9.17, 15) is 14.0 Å². The number of Topliss-reactive ketones (excluding diaryl/α,β-unsaturated/α-hetero) is 1. The van der Waals surface area contributed by atoms with Crippen LogP contribution in [-0.2, 0) is 6.54 Å². The minimum atomic E-state index is -0.718. The van der Waals surface area contributed by atoms with E-state index in [0.29, 0.717) is 12.2 Å². The fourth-order valence-corrected chi connectivity index (χ4v) is 2.82. The Kier molecular flexibility index (Phi) is 5.75. The Hall–Kier alpha value is -3.51. The second kappa shape index (κ2) is 8.24. The summed E-state index contributed by atoms with van der Waals surface area (Å²) in [6.07, 6.45) is 1.63. The Morgan fingerprint density at radius 3 is 2.83 bits per heavy atom. The number of hydrogen-bond donors (Lipinski definition) is 1. The van der Waals surface area contributed by atoms with Crippen molar-refractivity contribution in [2.45, 2.75) is 26.4 Å². The molecule has 3 rings (SSSR count). The van der Waals surface area contributed by atoms with Gasteiger partial charge in [-0.1, -0.05) is 16.8 Å². The quantitative estimate of drug-likeness (QED) is 0.618. The van der Waals surface area contributed by atoms with Crippen LogP contribution in [0.3, 0.4) is 0 Å². The van der Waals surface area contributed by atoms with Gasteiger partial charge in [-0.05, 0) is 25.1 Å². The molecule has 0 radical (unpaired) electrons. The number of amides is 1. The molecule has 1 amide bonds. The maximum Gasteiger partial charge on any atom is 0.273 e. The van der Waals surface area contributed by atoms with Crippen LogP contribution in [0.15, 0.2) is 35.0 Å². The highest BCUT2D eigenvalue weighted by Crippen LogP contribution is 2.29. The van der Waals surface area contributed by atoms with Crippen molar-refractivity contribution in [3.63, 3.8) is 0 Å². The molecule has 0 unspecified atom stereocenters. The van der Waals surface area contributed by atoms with Crippen LogP contribution in [-0.4, -0.2) is 32.7 Å². The number of aromatic nitrogens is 3. The molecular weight excluding hydrogens is 401 g/mol. The summed E-state index contributed by atoms with van der Waals surface area (Å²) in [5.74, 6) is -1.54. The summed E-state index contributed by atoms with van der Waals surface area (Å²) in [5, 5.41) is 19.2. The fraction of sp³-hybridized carbons (Fsp3) is 0.211. The number of nitrogens with one attached hydrogen (secondary N) is 1. The lowest BCUT2D eigenvalue weighted by Crippen LogP contribution is -2.36. The van der Waals surface area contributed by atoms with Crippen LogP contribution in [0.4, 0.5) is 4.39 Å². The predicted molar refractivity (Wildman–Crippen MR) is 101 cm³/mol. The van der Waals surface area contributed by atoms with Crippen molar-refractivity contribution in [3.05, 3.63) is 58.3 Å². The maximum atomic E-state index is 14.4. The van der Waals surface area contributed by atoms with E-state index in [1.165, 1.54) is 29.8 Å². The van der Waals surface area contributed by atoms with Crippen molar-refractivity contribution < 1.29 is 18.5 Å². The topological polar surface area (TPSA) is 114 Å². The van der Waals surface area contributed by atoms with Gasteiger partial charge in [0.15, 0.2) is 17.3 Å². The monoisotopic (exact) mass is 415 g/mol. The van der Waals surface area contributed by atoms with Crippen LogP contribution >= 0.6 is 11.6 Å². The first-order valence-electron chi connectivity index (χ1n) is 8.50. The number of benzene rings is 1. The zero-order valence-corrected chi connectivity index (χ0v) is 16.2. The molecule has 1 N–H and O–H groups in total. The van der Waals surface area contributed by atoms with E-state index < -0.39 is 11.7 Å². The Morgan fingerprint density at radius 1 is 1.41 bits per heavy atom. The summed E-state index contributed by atoms with van der Waals surface area (Å²) < 4.78 is 20.7. The number of carbonyl (C=O) groups excluding carboxylic acids is 2. The molecule has 0 saturated heterocycles. The zero-order valence-electron chi connectivity index (χ0n) is 15.4. The van der Waals surface area contributed by atoms with Crippen molar-refractivity contribution in [2.24, 2.45) is 0 Å². The number of ketones is 1. The molecule has 0 fully saturated rings. The lowest BCUT2D eigenvalue weighted by atomic mass is 10.1. The van der Waals surface area contributed by atoms with Gasteiger partial charge in [-0.2, -0.15) is 10.4 Å². The van der Waals surface area contributed by atoms with E-state index in [1.54, 1.807) is 19.2 Å². The number of hydrogen-bond acceptors (Lipinski definition) is 6. The number of nitriles is 1. The van der Waals surface area contributed by atoms with Gasteiger partial charge >= 0.3 is 0 Å². The van der Waals surface area contributed by atoms with Crippen molar-refractivity contribution in [1.29, 1.82) is 5.26 Å². The molecule has 0 aliphatic rings. The lowest BCUT2D eigenvalue weighted by Gasteiger charge is -2.12. The molecule has 0 saturated carbocycles. The SMILES string of the molecule is CC(=O)c1cc(C(=O)N[C@@H](C)Cn2ccc(-c3ccc(C#N)c(Cl)c3F)n2)no1. The van der Waals surface area contributed by atoms with Crippen LogP contribution in [0.1, 0.15) is 40.5 Å². The fourth-order valence-electron chi connectivity index (χ4n) is 2.61. The van der Waals surface area contributed by atoms with Crippen LogP contribution in [0, 0.1) is 17.1 Å². The molecule has 0 bridgehead atoms. The van der Waals surface area contributed by atoms with Crippen LogP contribution in [0.25, 0.3) is 11.3 Å². The molecule has 1 atom stereocenters. The van der Waals surface area contributed by atoms with Crippen LogP contribution in [0.5, 0.6) is 0 Å². The first kappa shape index (κ1) is 20.2. The van der Waals surface area contributed by atoms with E-state index in [0.717, 1.165) is 0 Å². The molecule has 10 heteroatoms. The number of nitrogens with zero attached hydrogens (tertiary/aromatic N) is 4. The van der Waals surface area contributed by atoms with Crippen molar-refractivity contribution in [1.82, 2.24) is 20.3 Å². The minimum absolute atomic E-state index is 0.00231. The van der Waals surface area contributed by atoms with Crippen molar-refractivity contribution in [2.75, 3.05) is 0 Å². The van der Waals surface area contributed by atoms with Gasteiger partial charge in [0.2, 0.25) is 5.76 Å². The summed E-state index contributed by atoms with van der Waals surface area (Å²) in [6, 6.07) is 7.21. The molecule has 0 spiro atoms. The summed E-state index contributed by atoms with van der Waals surface area (Å²) in [6.45, 7) is 3.36. The lowest BCUT2D eigenvalue weighted by molar-refractivity contribution is 0.0922. The summed E-state index contributed by atoms with van der Waals surface area (Å²) >= 11 is 5.86. The predicted octanol–water partition coefficient (Wildman–Crippen LogP) is 3.22. The minimum Gasteiger partial charge on any atom is -0.352 e. The molecule has 148 valence electrons. The average Bonchev–Trinajstić information content (AvgIpc) is 3.33. The standard InChI is InChI=1S/C19H15ClFN5O3/c1-10(23-19(28)15-7-16(11(2)27)29-25-15)9-26-6-5-14(24-26)13-4-3-12(8-22)17(20)18(13)21/h3-7,10H,9H2,1-2H3,(H,23,28)/t10-/m0/s1. The zero-order chi connectivity index (χ0) is 21.1. The Balaban J connectivity index is 1.68. The van der Waals surface area contributed by atoms with Gasteiger partial charge < -0.3 is 9.84 Å². The number of carbonyl (C=O) groups is 2. The summed E-state index contributed by atoms with van der Waals surface area (Å²) in [5.41, 5.74) is 0.556. The van der Waals surface area contributed by atoms with Gasteiger partial charge in [-0.15, -0.1) is 0 Å². The molecule has 1 aromatic carbocycles. The second-order valence-corrected chi connectivity index (χ2v) is 6.71. The van der Waals surface area contributed by atoms with E-state index >= 15 is 0 Å². The Morgan fingerprint density at radius 2 is 2.17 bits per heavy atom. The third-order valence-corrected chi connectivity index (χ3v) is 4.42. The van der Waals surface area contributed by atoms with Gasteiger partial charge in [-0.25, -0.2) is 4.39 Å². The number of halogens is 2. The van der Waals surface area contributed by atoms with E-state index in [1.807, 2.05) is 6.07 Å². The van der Waals surface area contributed by atoms with Gasteiger partial charge in [0.05, 0.1) is 22.8 Å². The second-order valence-electron chi connectivity index (χ2n) is 6.33. The smallest absolute Gasteiger partial charge is 0.273 e. The summed E-state index contributed by atoms with van der Waals surface area (Å²) in [4.78, 5) is 23.4. The molecule has 3 aromatic rings. The van der Waals surface area contributed by atoms with Crippen LogP contribution < -0.4 is 5.32 Å². The van der Waals surface area contributed by atoms with Gasteiger partial charge in [0.1, 0.15) is 6.07 Å².